The summed E-state index contributed by atoms with van der Waals surface area (Å²) in [7, 11) is 0. The number of amides is 1. The van der Waals surface area contributed by atoms with Gasteiger partial charge in [-0.2, -0.15) is 13.2 Å². The minimum absolute atomic E-state index is 0.0591. The van der Waals surface area contributed by atoms with Gasteiger partial charge in [0.05, 0.1) is 11.5 Å². The molecule has 1 aromatic carbocycles. The molecule has 2 aliphatic heterocycles. The van der Waals surface area contributed by atoms with Gasteiger partial charge in [0.1, 0.15) is 0 Å². The molecule has 2 fully saturated rings. The molecule has 1 aromatic rings. The molecular formula is C19H26F3N3O. The van der Waals surface area contributed by atoms with Crippen molar-refractivity contribution in [3.63, 3.8) is 0 Å². The van der Waals surface area contributed by atoms with Crippen LogP contribution in [0.4, 0.5) is 18.9 Å². The highest BCUT2D eigenvalue weighted by Crippen LogP contribution is 2.32. The summed E-state index contributed by atoms with van der Waals surface area (Å²) < 4.78 is 38.7. The maximum absolute atomic E-state index is 12.9. The van der Waals surface area contributed by atoms with E-state index in [0.717, 1.165) is 38.5 Å². The number of hydrogen-bond acceptors (Lipinski definition) is 3. The van der Waals surface area contributed by atoms with E-state index in [1.807, 2.05) is 9.80 Å². The van der Waals surface area contributed by atoms with Crippen LogP contribution in [0, 0.1) is 5.92 Å². The Balaban J connectivity index is 1.58. The second-order valence-electron chi connectivity index (χ2n) is 7.09. The molecule has 0 aliphatic carbocycles. The fourth-order valence-electron chi connectivity index (χ4n) is 3.87. The maximum Gasteiger partial charge on any atom is 0.416 e. The van der Waals surface area contributed by atoms with E-state index in [0.29, 0.717) is 31.9 Å². The normalized spacial score (nSPS) is 22.5. The predicted molar refractivity (Wildman–Crippen MR) is 95.1 cm³/mol. The van der Waals surface area contributed by atoms with E-state index in [1.165, 1.54) is 12.1 Å². The van der Waals surface area contributed by atoms with Crippen LogP contribution < -0.4 is 4.90 Å². The molecule has 144 valence electrons. The molecule has 0 spiro atoms. The van der Waals surface area contributed by atoms with Gasteiger partial charge in [-0.15, -0.1) is 0 Å². The molecule has 1 atom stereocenters. The SMILES string of the molecule is CCN1CCCC(C(=O)N2CCN(c3cccc(C(F)(F)F)c3)CC2)C1. The zero-order valence-corrected chi connectivity index (χ0v) is 15.1. The maximum atomic E-state index is 12.9. The highest BCUT2D eigenvalue weighted by atomic mass is 19.4. The zero-order valence-electron chi connectivity index (χ0n) is 15.1. The van der Waals surface area contributed by atoms with Gasteiger partial charge in [-0.25, -0.2) is 0 Å². The number of piperidine rings is 1. The van der Waals surface area contributed by atoms with Crippen molar-refractivity contribution in [3.8, 4) is 0 Å². The topological polar surface area (TPSA) is 26.8 Å². The van der Waals surface area contributed by atoms with Gasteiger partial charge in [-0.3, -0.25) is 4.79 Å². The summed E-state index contributed by atoms with van der Waals surface area (Å²) in [5.41, 5.74) is -0.0582. The van der Waals surface area contributed by atoms with Crippen LogP contribution in [-0.2, 0) is 11.0 Å². The van der Waals surface area contributed by atoms with Crippen molar-refractivity contribution in [1.82, 2.24) is 9.80 Å². The summed E-state index contributed by atoms with van der Waals surface area (Å²) in [5.74, 6) is 0.260. The van der Waals surface area contributed by atoms with E-state index < -0.39 is 11.7 Å². The van der Waals surface area contributed by atoms with Crippen molar-refractivity contribution in [2.45, 2.75) is 25.9 Å². The number of anilines is 1. The summed E-state index contributed by atoms with van der Waals surface area (Å²) in [4.78, 5) is 18.9. The van der Waals surface area contributed by atoms with Gasteiger partial charge in [0, 0.05) is 38.4 Å². The number of halogens is 3. The summed E-state index contributed by atoms with van der Waals surface area (Å²) >= 11 is 0. The van der Waals surface area contributed by atoms with E-state index in [2.05, 4.69) is 11.8 Å². The second-order valence-corrected chi connectivity index (χ2v) is 7.09. The number of hydrogen-bond donors (Lipinski definition) is 0. The molecule has 3 rings (SSSR count). The molecule has 0 N–H and O–H groups in total. The summed E-state index contributed by atoms with van der Waals surface area (Å²) in [5, 5.41) is 0. The van der Waals surface area contributed by atoms with Gasteiger partial charge in [-0.05, 0) is 44.1 Å². The Hall–Kier alpha value is -1.76. The molecule has 0 aromatic heterocycles. The van der Waals surface area contributed by atoms with E-state index >= 15 is 0 Å². The molecule has 0 radical (unpaired) electrons. The Morgan fingerprint density at radius 3 is 2.54 bits per heavy atom. The van der Waals surface area contributed by atoms with Crippen LogP contribution in [0.15, 0.2) is 24.3 Å². The molecule has 4 nitrogen and oxygen atoms in total. The lowest BCUT2D eigenvalue weighted by Gasteiger charge is -2.39. The molecule has 1 amide bonds. The third-order valence-electron chi connectivity index (χ3n) is 5.43. The van der Waals surface area contributed by atoms with Crippen LogP contribution in [0.3, 0.4) is 0 Å². The Morgan fingerprint density at radius 2 is 1.88 bits per heavy atom. The van der Waals surface area contributed by atoms with E-state index in [1.54, 1.807) is 6.07 Å². The molecule has 7 heteroatoms. The van der Waals surface area contributed by atoms with Gasteiger partial charge in [0.25, 0.3) is 0 Å². The van der Waals surface area contributed by atoms with Crippen molar-refractivity contribution < 1.29 is 18.0 Å². The van der Waals surface area contributed by atoms with Crippen molar-refractivity contribution in [3.05, 3.63) is 29.8 Å². The average Bonchev–Trinajstić information content (AvgIpc) is 2.67. The van der Waals surface area contributed by atoms with Crippen LogP contribution in [0.2, 0.25) is 0 Å². The Morgan fingerprint density at radius 1 is 1.15 bits per heavy atom. The number of alkyl halides is 3. The lowest BCUT2D eigenvalue weighted by atomic mass is 9.96. The fraction of sp³-hybridized carbons (Fsp3) is 0.632. The third kappa shape index (κ3) is 4.31. The first-order valence-electron chi connectivity index (χ1n) is 9.32. The first-order chi connectivity index (χ1) is 12.4. The van der Waals surface area contributed by atoms with Crippen molar-refractivity contribution in [2.24, 2.45) is 5.92 Å². The van der Waals surface area contributed by atoms with Gasteiger partial charge < -0.3 is 14.7 Å². The van der Waals surface area contributed by atoms with E-state index in [4.69, 9.17) is 0 Å². The molecule has 0 saturated carbocycles. The van der Waals surface area contributed by atoms with E-state index in [9.17, 15) is 18.0 Å². The smallest absolute Gasteiger partial charge is 0.368 e. The van der Waals surface area contributed by atoms with Gasteiger partial charge in [-0.1, -0.05) is 13.0 Å². The van der Waals surface area contributed by atoms with Crippen molar-refractivity contribution >= 4 is 11.6 Å². The minimum atomic E-state index is -4.33. The first-order valence-corrected chi connectivity index (χ1v) is 9.32. The summed E-state index contributed by atoms with van der Waals surface area (Å²) in [6.07, 6.45) is -2.35. The summed E-state index contributed by atoms with van der Waals surface area (Å²) in [6.45, 7) is 7.23. The number of likely N-dealkylation sites (tertiary alicyclic amines) is 1. The fourth-order valence-corrected chi connectivity index (χ4v) is 3.87. The molecule has 2 saturated heterocycles. The second kappa shape index (κ2) is 7.86. The van der Waals surface area contributed by atoms with Crippen LogP contribution in [0.1, 0.15) is 25.3 Å². The predicted octanol–water partition coefficient (Wildman–Crippen LogP) is 3.09. The molecule has 2 heterocycles. The highest BCUT2D eigenvalue weighted by Gasteiger charge is 2.32. The third-order valence-corrected chi connectivity index (χ3v) is 5.43. The van der Waals surface area contributed by atoms with Crippen LogP contribution in [0.5, 0.6) is 0 Å². The van der Waals surface area contributed by atoms with Gasteiger partial charge >= 0.3 is 6.18 Å². The number of benzene rings is 1. The largest absolute Gasteiger partial charge is 0.416 e. The van der Waals surface area contributed by atoms with Crippen LogP contribution in [0.25, 0.3) is 0 Å². The standard InChI is InChI=1S/C19H26F3N3O/c1-2-23-8-4-5-15(14-23)18(26)25-11-9-24(10-12-25)17-7-3-6-16(13-17)19(20,21)22/h3,6-7,13,15H,2,4-5,8-12,14H2,1H3. The van der Waals surface area contributed by atoms with Crippen molar-refractivity contribution in [2.75, 3.05) is 50.7 Å². The molecule has 26 heavy (non-hydrogen) atoms. The number of piperazine rings is 1. The Kier molecular flexibility index (Phi) is 5.75. The number of rotatable bonds is 3. The Bertz CT molecular complexity index is 627. The van der Waals surface area contributed by atoms with E-state index in [-0.39, 0.29) is 11.8 Å². The molecule has 0 bridgehead atoms. The van der Waals surface area contributed by atoms with Gasteiger partial charge in [0.15, 0.2) is 0 Å². The number of carbonyl (C=O) groups is 1. The monoisotopic (exact) mass is 369 g/mol. The summed E-state index contributed by atoms with van der Waals surface area (Å²) in [6, 6.07) is 5.42. The van der Waals surface area contributed by atoms with Crippen molar-refractivity contribution in [1.29, 1.82) is 0 Å². The van der Waals surface area contributed by atoms with Gasteiger partial charge in [0.2, 0.25) is 5.91 Å². The molecule has 2 aliphatic rings. The quantitative estimate of drug-likeness (QED) is 0.819. The number of carbonyl (C=O) groups excluding carboxylic acids is 1. The minimum Gasteiger partial charge on any atom is -0.368 e. The first kappa shape index (κ1) is 19.0. The molecule has 1 unspecified atom stereocenters. The lowest BCUT2D eigenvalue weighted by Crippen LogP contribution is -2.52. The Labute approximate surface area is 152 Å². The average molecular weight is 369 g/mol. The number of nitrogens with zero attached hydrogens (tertiary/aromatic N) is 3. The highest BCUT2D eigenvalue weighted by molar-refractivity contribution is 5.79. The van der Waals surface area contributed by atoms with Crippen LogP contribution >= 0.6 is 0 Å². The zero-order chi connectivity index (χ0) is 18.7. The lowest BCUT2D eigenvalue weighted by molar-refractivity contribution is -0.138. The molecular weight excluding hydrogens is 343 g/mol. The van der Waals surface area contributed by atoms with Crippen LogP contribution in [-0.4, -0.2) is 61.5 Å².